The highest BCUT2D eigenvalue weighted by atomic mass is 79.9. The average molecular weight is 442 g/mol. The fourth-order valence-corrected chi connectivity index (χ4v) is 5.53. The molecular weight excluding hydrogens is 426 g/mol. The van der Waals surface area contributed by atoms with Crippen LogP contribution in [0.1, 0.15) is 30.9 Å². The Hall–Kier alpha value is -1.45. The third-order valence-corrected chi connectivity index (χ3v) is 7.68. The van der Waals surface area contributed by atoms with Crippen LogP contribution in [0.15, 0.2) is 34.1 Å². The van der Waals surface area contributed by atoms with Crippen LogP contribution in [0.5, 0.6) is 0 Å². The van der Waals surface area contributed by atoms with Crippen LogP contribution < -0.4 is 9.62 Å². The molecule has 0 bridgehead atoms. The standard InChI is InChI=1S/C16H16BrN3O3S2/c17-10-1-3-11(4-2-10)20-8-7-13(15(20)21)14-9-24-16(18-14)19-25(22,23)12-5-6-12/h1-4,9,12-13H,5-8H2,(H,18,19). The van der Waals surface area contributed by atoms with Crippen molar-refractivity contribution >= 4 is 54.0 Å². The Balaban J connectivity index is 1.49. The first kappa shape index (κ1) is 17.0. The topological polar surface area (TPSA) is 79.4 Å². The molecule has 25 heavy (non-hydrogen) atoms. The zero-order valence-corrected chi connectivity index (χ0v) is 16.4. The van der Waals surface area contributed by atoms with Crippen molar-refractivity contribution in [3.63, 3.8) is 0 Å². The number of nitrogens with zero attached hydrogens (tertiary/aromatic N) is 2. The highest BCUT2D eigenvalue weighted by Crippen LogP contribution is 2.35. The van der Waals surface area contributed by atoms with E-state index in [0.717, 1.165) is 10.2 Å². The summed E-state index contributed by atoms with van der Waals surface area (Å²) in [5.41, 5.74) is 1.50. The van der Waals surface area contributed by atoms with Crippen LogP contribution in [0, 0.1) is 0 Å². The van der Waals surface area contributed by atoms with Gasteiger partial charge < -0.3 is 4.90 Å². The highest BCUT2D eigenvalue weighted by molar-refractivity contribution is 9.10. The molecule has 2 aromatic rings. The number of benzene rings is 1. The molecule has 1 aromatic carbocycles. The Bertz CT molecular complexity index is 907. The summed E-state index contributed by atoms with van der Waals surface area (Å²) < 4.78 is 27.5. The predicted octanol–water partition coefficient (Wildman–Crippen LogP) is 3.33. The summed E-state index contributed by atoms with van der Waals surface area (Å²) in [6, 6.07) is 7.62. The number of anilines is 2. The number of carbonyl (C=O) groups excluding carboxylic acids is 1. The van der Waals surface area contributed by atoms with Crippen LogP contribution >= 0.6 is 27.3 Å². The number of rotatable bonds is 5. The molecule has 0 radical (unpaired) electrons. The number of halogens is 1. The highest BCUT2D eigenvalue weighted by Gasteiger charge is 2.38. The minimum absolute atomic E-state index is 0.00391. The zero-order valence-electron chi connectivity index (χ0n) is 13.2. The molecule has 1 saturated heterocycles. The molecule has 1 unspecified atom stereocenters. The van der Waals surface area contributed by atoms with Gasteiger partial charge in [0.15, 0.2) is 5.13 Å². The van der Waals surface area contributed by atoms with Crippen LogP contribution in [0.3, 0.4) is 0 Å². The number of thiazole rings is 1. The first-order chi connectivity index (χ1) is 11.9. The number of hydrogen-bond donors (Lipinski definition) is 1. The summed E-state index contributed by atoms with van der Waals surface area (Å²) in [5.74, 6) is -0.316. The van der Waals surface area contributed by atoms with Gasteiger partial charge in [0.25, 0.3) is 0 Å². The molecule has 2 fully saturated rings. The number of nitrogens with one attached hydrogen (secondary N) is 1. The van der Waals surface area contributed by atoms with E-state index in [4.69, 9.17) is 0 Å². The van der Waals surface area contributed by atoms with Crippen molar-refractivity contribution in [3.05, 3.63) is 39.8 Å². The van der Waals surface area contributed by atoms with Gasteiger partial charge in [-0.2, -0.15) is 0 Å². The van der Waals surface area contributed by atoms with Crippen molar-refractivity contribution in [1.29, 1.82) is 0 Å². The SMILES string of the molecule is O=C1C(c2csc(NS(=O)(=O)C3CC3)n2)CCN1c1ccc(Br)cc1. The van der Waals surface area contributed by atoms with Crippen molar-refractivity contribution in [2.75, 3.05) is 16.2 Å². The summed E-state index contributed by atoms with van der Waals surface area (Å²) in [4.78, 5) is 18.9. The molecule has 2 heterocycles. The number of amides is 1. The molecule has 132 valence electrons. The Morgan fingerprint density at radius 3 is 2.60 bits per heavy atom. The summed E-state index contributed by atoms with van der Waals surface area (Å²) in [7, 11) is -3.32. The van der Waals surface area contributed by atoms with Gasteiger partial charge in [-0.1, -0.05) is 15.9 Å². The minimum atomic E-state index is -3.32. The van der Waals surface area contributed by atoms with Crippen LogP contribution in [-0.2, 0) is 14.8 Å². The summed E-state index contributed by atoms with van der Waals surface area (Å²) in [6.07, 6.45) is 2.08. The van der Waals surface area contributed by atoms with Crippen LogP contribution in [0.2, 0.25) is 0 Å². The molecule has 1 aliphatic heterocycles. The van der Waals surface area contributed by atoms with Crippen molar-refractivity contribution in [2.45, 2.75) is 30.4 Å². The Labute approximate surface area is 158 Å². The van der Waals surface area contributed by atoms with E-state index in [2.05, 4.69) is 25.6 Å². The first-order valence-corrected chi connectivity index (χ1v) is 11.2. The van der Waals surface area contributed by atoms with Gasteiger partial charge in [-0.05, 0) is 43.5 Å². The lowest BCUT2D eigenvalue weighted by Gasteiger charge is -2.16. The lowest BCUT2D eigenvalue weighted by molar-refractivity contribution is -0.118. The van der Waals surface area contributed by atoms with E-state index in [1.807, 2.05) is 24.3 Å². The van der Waals surface area contributed by atoms with E-state index in [1.165, 1.54) is 11.3 Å². The monoisotopic (exact) mass is 441 g/mol. The Morgan fingerprint density at radius 1 is 1.20 bits per heavy atom. The maximum absolute atomic E-state index is 12.7. The lowest BCUT2D eigenvalue weighted by Crippen LogP contribution is -2.26. The molecule has 1 amide bonds. The van der Waals surface area contributed by atoms with Crippen LogP contribution in [0.4, 0.5) is 10.8 Å². The lowest BCUT2D eigenvalue weighted by atomic mass is 10.1. The Morgan fingerprint density at radius 2 is 1.92 bits per heavy atom. The molecule has 4 rings (SSSR count). The van der Waals surface area contributed by atoms with Gasteiger partial charge in [0.1, 0.15) is 0 Å². The second kappa shape index (κ2) is 6.37. The van der Waals surface area contributed by atoms with Crippen LogP contribution in [-0.4, -0.2) is 31.1 Å². The Kier molecular flexibility index (Phi) is 4.33. The van der Waals surface area contributed by atoms with Crippen molar-refractivity contribution < 1.29 is 13.2 Å². The van der Waals surface area contributed by atoms with E-state index in [9.17, 15) is 13.2 Å². The van der Waals surface area contributed by atoms with Gasteiger partial charge in [-0.3, -0.25) is 9.52 Å². The van der Waals surface area contributed by atoms with E-state index in [0.29, 0.717) is 36.6 Å². The minimum Gasteiger partial charge on any atom is -0.312 e. The zero-order chi connectivity index (χ0) is 17.6. The number of sulfonamides is 1. The van der Waals surface area contributed by atoms with Gasteiger partial charge in [0.05, 0.1) is 16.9 Å². The van der Waals surface area contributed by atoms with Crippen molar-refractivity contribution in [1.82, 2.24) is 4.98 Å². The molecule has 1 aliphatic carbocycles. The van der Waals surface area contributed by atoms with Gasteiger partial charge in [0, 0.05) is 22.1 Å². The molecule has 1 aromatic heterocycles. The van der Waals surface area contributed by atoms with Gasteiger partial charge in [-0.15, -0.1) is 11.3 Å². The average Bonchev–Trinajstić information content (AvgIpc) is 3.25. The molecular formula is C16H16BrN3O3S2. The fraction of sp³-hybridized carbons (Fsp3) is 0.375. The summed E-state index contributed by atoms with van der Waals surface area (Å²) in [6.45, 7) is 0.631. The second-order valence-corrected chi connectivity index (χ2v) is 9.97. The predicted molar refractivity (Wildman–Crippen MR) is 102 cm³/mol. The summed E-state index contributed by atoms with van der Waals surface area (Å²) in [5, 5.41) is 1.83. The van der Waals surface area contributed by atoms with E-state index in [-0.39, 0.29) is 17.1 Å². The van der Waals surface area contributed by atoms with E-state index >= 15 is 0 Å². The molecule has 1 saturated carbocycles. The smallest absolute Gasteiger partial charge is 0.237 e. The number of hydrogen-bond acceptors (Lipinski definition) is 5. The largest absolute Gasteiger partial charge is 0.312 e. The maximum Gasteiger partial charge on any atom is 0.237 e. The maximum atomic E-state index is 12.7. The summed E-state index contributed by atoms with van der Waals surface area (Å²) >= 11 is 4.62. The quantitative estimate of drug-likeness (QED) is 0.771. The van der Waals surface area contributed by atoms with E-state index < -0.39 is 10.0 Å². The normalized spacial score (nSPS) is 20.9. The molecule has 2 aliphatic rings. The molecule has 1 atom stereocenters. The number of aromatic nitrogens is 1. The first-order valence-electron chi connectivity index (χ1n) is 7.98. The van der Waals surface area contributed by atoms with E-state index in [1.54, 1.807) is 10.3 Å². The molecule has 1 N–H and O–H groups in total. The molecule has 6 nitrogen and oxygen atoms in total. The van der Waals surface area contributed by atoms with Gasteiger partial charge in [-0.25, -0.2) is 13.4 Å². The third-order valence-electron chi connectivity index (χ3n) is 4.42. The third kappa shape index (κ3) is 3.45. The second-order valence-electron chi connectivity index (χ2n) is 6.23. The van der Waals surface area contributed by atoms with Crippen molar-refractivity contribution in [2.24, 2.45) is 0 Å². The molecule has 9 heteroatoms. The van der Waals surface area contributed by atoms with Gasteiger partial charge >= 0.3 is 0 Å². The van der Waals surface area contributed by atoms with Crippen molar-refractivity contribution in [3.8, 4) is 0 Å². The fourth-order valence-electron chi connectivity index (χ4n) is 2.91. The molecule has 0 spiro atoms. The number of carbonyl (C=O) groups is 1. The van der Waals surface area contributed by atoms with Gasteiger partial charge in [0.2, 0.25) is 15.9 Å². The van der Waals surface area contributed by atoms with Crippen LogP contribution in [0.25, 0.3) is 0 Å².